The van der Waals surface area contributed by atoms with Crippen LogP contribution in [0.1, 0.15) is 51.9 Å². The predicted octanol–water partition coefficient (Wildman–Crippen LogP) is 1.88. The average molecular weight is 383 g/mol. The van der Waals surface area contributed by atoms with Gasteiger partial charge in [0.25, 0.3) is 0 Å². The fraction of sp³-hybridized carbons (Fsp3) is 0.739. The quantitative estimate of drug-likeness (QED) is 0.636. The van der Waals surface area contributed by atoms with Gasteiger partial charge in [0.15, 0.2) is 0 Å². The molecule has 6 aliphatic carbocycles. The SMILES string of the molecule is C=C1C[C@]23C[C@@]1(O)CC[C@H]2C1=C[C@H]2CC(=O)[C@@](C)([C@H]1[C@@H]3C(=O)NC1CC1)[C@H]2O. The molecule has 0 radical (unpaired) electrons. The summed E-state index contributed by atoms with van der Waals surface area (Å²) >= 11 is 0. The topological polar surface area (TPSA) is 86.6 Å². The van der Waals surface area contributed by atoms with Crippen LogP contribution in [-0.2, 0) is 9.59 Å². The number of aliphatic hydroxyl groups is 2. The molecule has 0 heterocycles. The molecule has 6 rings (SSSR count). The van der Waals surface area contributed by atoms with E-state index in [0.717, 1.165) is 24.8 Å². The van der Waals surface area contributed by atoms with Crippen molar-refractivity contribution >= 4 is 11.7 Å². The summed E-state index contributed by atoms with van der Waals surface area (Å²) in [5.74, 6) is -0.452. The number of ketones is 1. The molecule has 0 saturated heterocycles. The molecule has 0 aliphatic heterocycles. The molecule has 1 spiro atoms. The van der Waals surface area contributed by atoms with Crippen molar-refractivity contribution in [2.45, 2.75) is 69.6 Å². The number of carbonyl (C=O) groups excluding carboxylic acids is 2. The highest BCUT2D eigenvalue weighted by Gasteiger charge is 2.74. The molecule has 150 valence electrons. The van der Waals surface area contributed by atoms with Crippen molar-refractivity contribution in [2.75, 3.05) is 0 Å². The summed E-state index contributed by atoms with van der Waals surface area (Å²) in [4.78, 5) is 26.7. The van der Waals surface area contributed by atoms with E-state index in [9.17, 15) is 19.8 Å². The lowest BCUT2D eigenvalue weighted by atomic mass is 9.60. The number of amides is 1. The van der Waals surface area contributed by atoms with Gasteiger partial charge in [0.05, 0.1) is 23.0 Å². The molecule has 0 aromatic rings. The molecule has 0 aromatic heterocycles. The number of hydrogen-bond donors (Lipinski definition) is 3. The monoisotopic (exact) mass is 383 g/mol. The van der Waals surface area contributed by atoms with E-state index in [2.05, 4.69) is 18.0 Å². The Hall–Kier alpha value is -1.46. The van der Waals surface area contributed by atoms with Gasteiger partial charge >= 0.3 is 0 Å². The Morgan fingerprint density at radius 1 is 1.32 bits per heavy atom. The molecule has 28 heavy (non-hydrogen) atoms. The first-order chi connectivity index (χ1) is 13.2. The Kier molecular flexibility index (Phi) is 3.10. The van der Waals surface area contributed by atoms with E-state index in [1.54, 1.807) is 0 Å². The highest BCUT2D eigenvalue weighted by atomic mass is 16.3. The first-order valence-electron chi connectivity index (χ1n) is 10.8. The second-order valence-corrected chi connectivity index (χ2v) is 10.7. The second-order valence-electron chi connectivity index (χ2n) is 10.7. The van der Waals surface area contributed by atoms with Crippen LogP contribution in [0, 0.1) is 34.5 Å². The lowest BCUT2D eigenvalue weighted by molar-refractivity contribution is -0.141. The van der Waals surface area contributed by atoms with Gasteiger partial charge in [-0.15, -0.1) is 0 Å². The number of hydrogen-bond acceptors (Lipinski definition) is 4. The summed E-state index contributed by atoms with van der Waals surface area (Å²) < 4.78 is 0. The van der Waals surface area contributed by atoms with Gasteiger partial charge in [-0.25, -0.2) is 0 Å². The van der Waals surface area contributed by atoms with Crippen LogP contribution in [0.2, 0.25) is 0 Å². The maximum atomic E-state index is 13.6. The van der Waals surface area contributed by atoms with Gasteiger partial charge < -0.3 is 15.5 Å². The van der Waals surface area contributed by atoms with Gasteiger partial charge in [-0.3, -0.25) is 9.59 Å². The first kappa shape index (κ1) is 17.4. The highest BCUT2D eigenvalue weighted by molar-refractivity contribution is 5.92. The molecule has 5 saturated carbocycles. The van der Waals surface area contributed by atoms with Gasteiger partial charge in [-0.05, 0) is 62.4 Å². The van der Waals surface area contributed by atoms with Crippen molar-refractivity contribution in [3.8, 4) is 0 Å². The van der Waals surface area contributed by atoms with Gasteiger partial charge in [-0.2, -0.15) is 0 Å². The largest absolute Gasteiger partial charge is 0.391 e. The van der Waals surface area contributed by atoms with Gasteiger partial charge in [0, 0.05) is 24.3 Å². The average Bonchev–Trinajstić information content (AvgIpc) is 3.33. The van der Waals surface area contributed by atoms with Crippen LogP contribution in [0.15, 0.2) is 23.8 Å². The zero-order valence-corrected chi connectivity index (χ0v) is 16.4. The third-order valence-corrected chi connectivity index (χ3v) is 9.38. The van der Waals surface area contributed by atoms with E-state index in [4.69, 9.17) is 0 Å². The summed E-state index contributed by atoms with van der Waals surface area (Å²) in [7, 11) is 0. The van der Waals surface area contributed by atoms with E-state index < -0.39 is 17.1 Å². The van der Waals surface area contributed by atoms with Gasteiger partial charge in [0.2, 0.25) is 5.91 Å². The highest BCUT2D eigenvalue weighted by Crippen LogP contribution is 2.74. The number of rotatable bonds is 2. The van der Waals surface area contributed by atoms with Crippen LogP contribution in [0.4, 0.5) is 0 Å². The number of aliphatic hydroxyl groups excluding tert-OH is 1. The zero-order chi connectivity index (χ0) is 19.6. The Labute approximate surface area is 165 Å². The van der Waals surface area contributed by atoms with Crippen molar-refractivity contribution in [2.24, 2.45) is 34.5 Å². The Balaban J connectivity index is 1.54. The molecular formula is C23H29NO4. The zero-order valence-electron chi connectivity index (χ0n) is 16.4. The first-order valence-corrected chi connectivity index (χ1v) is 10.8. The molecule has 5 nitrogen and oxygen atoms in total. The van der Waals surface area contributed by atoms with E-state index >= 15 is 0 Å². The van der Waals surface area contributed by atoms with Crippen LogP contribution < -0.4 is 5.32 Å². The van der Waals surface area contributed by atoms with Crippen LogP contribution in [0.25, 0.3) is 0 Å². The molecule has 5 fully saturated rings. The fourth-order valence-corrected chi connectivity index (χ4v) is 7.91. The number of allylic oxidation sites excluding steroid dienone is 1. The van der Waals surface area contributed by atoms with Crippen molar-refractivity contribution in [3.05, 3.63) is 23.8 Å². The number of nitrogens with one attached hydrogen (secondary N) is 1. The van der Waals surface area contributed by atoms with Crippen molar-refractivity contribution in [3.63, 3.8) is 0 Å². The van der Waals surface area contributed by atoms with Crippen molar-refractivity contribution in [1.82, 2.24) is 5.32 Å². The van der Waals surface area contributed by atoms with Crippen molar-refractivity contribution < 1.29 is 19.8 Å². The predicted molar refractivity (Wildman–Crippen MR) is 102 cm³/mol. The normalized spacial score (nSPS) is 53.7. The maximum absolute atomic E-state index is 13.6. The molecule has 1 amide bonds. The van der Waals surface area contributed by atoms with E-state index in [-0.39, 0.29) is 46.8 Å². The number of Topliss-reactive ketones (excluding diaryl/α,β-unsaturated/α-hetero) is 1. The standard InChI is InChI=1S/C23H29NO4/c1-11-9-22-10-23(11,28)6-5-15(22)14-7-12-8-16(25)21(2,19(12)26)17(14)18(22)20(27)24-13-3-4-13/h7,12-13,15,17-19,26,28H,1,3-6,8-10H2,2H3,(H,24,27)/t12-,15-,17+,18+,19-,21-,22-,23-/m0/s1. The van der Waals surface area contributed by atoms with Gasteiger partial charge in [0.1, 0.15) is 5.78 Å². The minimum Gasteiger partial charge on any atom is -0.391 e. The Bertz CT molecular complexity index is 859. The van der Waals surface area contributed by atoms with Crippen LogP contribution in [0.5, 0.6) is 0 Å². The number of fused-ring (bicyclic) bond motifs is 6. The molecular weight excluding hydrogens is 354 g/mol. The van der Waals surface area contributed by atoms with E-state index in [0.29, 0.717) is 25.7 Å². The molecule has 4 bridgehead atoms. The lowest BCUT2D eigenvalue weighted by Crippen LogP contribution is -2.52. The fourth-order valence-electron chi connectivity index (χ4n) is 7.91. The number of carbonyl (C=O) groups is 2. The molecule has 0 aromatic carbocycles. The smallest absolute Gasteiger partial charge is 0.224 e. The summed E-state index contributed by atoms with van der Waals surface area (Å²) in [5.41, 5.74) is -0.0795. The third kappa shape index (κ3) is 1.82. The molecule has 6 aliphatic rings. The minimum atomic E-state index is -0.894. The van der Waals surface area contributed by atoms with E-state index in [1.807, 2.05) is 6.92 Å². The van der Waals surface area contributed by atoms with Gasteiger partial charge in [-0.1, -0.05) is 18.2 Å². The molecule has 0 unspecified atom stereocenters. The molecule has 5 heteroatoms. The van der Waals surface area contributed by atoms with Crippen molar-refractivity contribution in [1.29, 1.82) is 0 Å². The summed E-state index contributed by atoms with van der Waals surface area (Å²) in [6.07, 6.45) is 6.55. The Morgan fingerprint density at radius 3 is 2.79 bits per heavy atom. The lowest BCUT2D eigenvalue weighted by Gasteiger charge is -2.43. The third-order valence-electron chi connectivity index (χ3n) is 9.38. The Morgan fingerprint density at radius 2 is 2.07 bits per heavy atom. The van der Waals surface area contributed by atoms with Crippen LogP contribution in [-0.4, -0.2) is 39.7 Å². The van der Waals surface area contributed by atoms with Crippen LogP contribution in [0.3, 0.4) is 0 Å². The van der Waals surface area contributed by atoms with Crippen LogP contribution >= 0.6 is 0 Å². The minimum absolute atomic E-state index is 0.0198. The second kappa shape index (κ2) is 4.99. The molecule has 3 N–H and O–H groups in total. The summed E-state index contributed by atoms with van der Waals surface area (Å²) in [6.45, 7) is 6.07. The molecule has 8 atom stereocenters. The summed E-state index contributed by atoms with van der Waals surface area (Å²) in [6, 6.07) is 0.246. The maximum Gasteiger partial charge on any atom is 0.224 e. The van der Waals surface area contributed by atoms with E-state index in [1.165, 1.54) is 5.57 Å². The summed E-state index contributed by atoms with van der Waals surface area (Å²) in [5, 5.41) is 25.4.